The number of hydrogen-bond donors (Lipinski definition) is 0. The summed E-state index contributed by atoms with van der Waals surface area (Å²) in [5, 5.41) is 0. The molecule has 1 saturated carbocycles. The molecule has 1 aromatic rings. The van der Waals surface area contributed by atoms with E-state index in [0.29, 0.717) is 24.7 Å². The van der Waals surface area contributed by atoms with Gasteiger partial charge in [-0.1, -0.05) is 12.1 Å². The lowest BCUT2D eigenvalue weighted by molar-refractivity contribution is 0.270. The maximum atomic E-state index is 13.2. The van der Waals surface area contributed by atoms with E-state index in [2.05, 4.69) is 4.90 Å². The molecule has 0 N–H and O–H groups in total. The van der Waals surface area contributed by atoms with Gasteiger partial charge < -0.3 is 0 Å². The number of nitrogens with zero attached hydrogens (tertiary/aromatic N) is 1. The van der Waals surface area contributed by atoms with Crippen LogP contribution in [0.25, 0.3) is 0 Å². The predicted molar refractivity (Wildman–Crippen MR) is 74.3 cm³/mol. The maximum absolute atomic E-state index is 13.2. The Morgan fingerprint density at radius 3 is 2.58 bits per heavy atom. The Morgan fingerprint density at radius 1 is 1.37 bits per heavy atom. The van der Waals surface area contributed by atoms with E-state index >= 15 is 0 Å². The van der Waals surface area contributed by atoms with Crippen LogP contribution in [-0.4, -0.2) is 37.9 Å². The van der Waals surface area contributed by atoms with Crippen LogP contribution < -0.4 is 0 Å². The Morgan fingerprint density at radius 2 is 2.05 bits per heavy atom. The first-order chi connectivity index (χ1) is 8.85. The minimum absolute atomic E-state index is 0.184. The van der Waals surface area contributed by atoms with Gasteiger partial charge in [-0.3, -0.25) is 4.90 Å². The van der Waals surface area contributed by atoms with Crippen molar-refractivity contribution < 1.29 is 12.8 Å². The highest BCUT2D eigenvalue weighted by Gasteiger charge is 2.29. The summed E-state index contributed by atoms with van der Waals surface area (Å²) in [6.45, 7) is 3.00. The van der Waals surface area contributed by atoms with Gasteiger partial charge in [-0.25, -0.2) is 12.8 Å². The first kappa shape index (κ1) is 14.5. The van der Waals surface area contributed by atoms with Crippen LogP contribution in [0.3, 0.4) is 0 Å². The fourth-order valence-corrected chi connectivity index (χ4v) is 2.72. The predicted octanol–water partition coefficient (Wildman–Crippen LogP) is 2.14. The molecule has 0 spiro atoms. The first-order valence-corrected chi connectivity index (χ1v) is 8.58. The zero-order valence-electron chi connectivity index (χ0n) is 11.4. The molecule has 1 fully saturated rings. The van der Waals surface area contributed by atoms with Gasteiger partial charge in [-0.05, 0) is 37.0 Å². The van der Waals surface area contributed by atoms with Crippen LogP contribution in [0.2, 0.25) is 0 Å². The number of sulfone groups is 1. The second kappa shape index (κ2) is 5.59. The van der Waals surface area contributed by atoms with E-state index in [9.17, 15) is 12.8 Å². The highest BCUT2D eigenvalue weighted by atomic mass is 32.2. The molecule has 0 amide bonds. The summed E-state index contributed by atoms with van der Waals surface area (Å²) < 4.78 is 35.7. The van der Waals surface area contributed by atoms with Crippen molar-refractivity contribution in [3.8, 4) is 0 Å². The molecule has 5 heteroatoms. The SMILES string of the molecule is Cc1cc(CN(CCS(C)(=O)=O)C2CC2)ccc1F. The Bertz CT molecular complexity index is 553. The van der Waals surface area contributed by atoms with Gasteiger partial charge in [-0.2, -0.15) is 0 Å². The minimum Gasteiger partial charge on any atom is -0.295 e. The molecular weight excluding hydrogens is 265 g/mol. The molecular formula is C14H20FNO2S. The Labute approximate surface area is 114 Å². The number of aryl methyl sites for hydroxylation is 1. The Balaban J connectivity index is 2.02. The largest absolute Gasteiger partial charge is 0.295 e. The lowest BCUT2D eigenvalue weighted by atomic mass is 10.1. The maximum Gasteiger partial charge on any atom is 0.148 e. The second-order valence-corrected chi connectivity index (χ2v) is 7.67. The quantitative estimate of drug-likeness (QED) is 0.803. The Hall–Kier alpha value is -0.940. The second-order valence-electron chi connectivity index (χ2n) is 5.42. The van der Waals surface area contributed by atoms with Gasteiger partial charge in [0.25, 0.3) is 0 Å². The molecule has 1 aliphatic rings. The topological polar surface area (TPSA) is 37.4 Å². The van der Waals surface area contributed by atoms with Crippen molar-refractivity contribution in [2.45, 2.75) is 32.4 Å². The molecule has 0 saturated heterocycles. The van der Waals surface area contributed by atoms with Gasteiger partial charge in [0.2, 0.25) is 0 Å². The van der Waals surface area contributed by atoms with Gasteiger partial charge in [0.1, 0.15) is 15.7 Å². The van der Waals surface area contributed by atoms with Crippen LogP contribution in [-0.2, 0) is 16.4 Å². The van der Waals surface area contributed by atoms with Gasteiger partial charge in [-0.15, -0.1) is 0 Å². The normalized spacial score (nSPS) is 16.0. The van der Waals surface area contributed by atoms with Crippen molar-refractivity contribution >= 4 is 9.84 Å². The summed E-state index contributed by atoms with van der Waals surface area (Å²) >= 11 is 0. The van der Waals surface area contributed by atoms with E-state index in [1.165, 1.54) is 12.3 Å². The molecule has 0 heterocycles. The fraction of sp³-hybridized carbons (Fsp3) is 0.571. The van der Waals surface area contributed by atoms with E-state index in [1.54, 1.807) is 13.0 Å². The molecule has 0 unspecified atom stereocenters. The lowest BCUT2D eigenvalue weighted by Crippen LogP contribution is -2.30. The number of benzene rings is 1. The minimum atomic E-state index is -2.93. The van der Waals surface area contributed by atoms with Crippen molar-refractivity contribution in [3.63, 3.8) is 0 Å². The average molecular weight is 285 g/mol. The van der Waals surface area contributed by atoms with E-state index in [1.807, 2.05) is 6.07 Å². The van der Waals surface area contributed by atoms with E-state index in [4.69, 9.17) is 0 Å². The molecule has 0 atom stereocenters. The van der Waals surface area contributed by atoms with Crippen LogP contribution in [0.4, 0.5) is 4.39 Å². The first-order valence-electron chi connectivity index (χ1n) is 6.52. The van der Waals surface area contributed by atoms with Gasteiger partial charge in [0.15, 0.2) is 0 Å². The highest BCUT2D eigenvalue weighted by Crippen LogP contribution is 2.28. The lowest BCUT2D eigenvalue weighted by Gasteiger charge is -2.21. The van der Waals surface area contributed by atoms with Crippen molar-refractivity contribution in [2.75, 3.05) is 18.6 Å². The molecule has 2 rings (SSSR count). The summed E-state index contributed by atoms with van der Waals surface area (Å²) in [7, 11) is -2.93. The summed E-state index contributed by atoms with van der Waals surface area (Å²) in [6.07, 6.45) is 3.52. The molecule has 0 radical (unpaired) electrons. The van der Waals surface area contributed by atoms with E-state index in [-0.39, 0.29) is 11.6 Å². The van der Waals surface area contributed by atoms with Crippen molar-refractivity contribution in [1.82, 2.24) is 4.90 Å². The van der Waals surface area contributed by atoms with Gasteiger partial charge in [0.05, 0.1) is 5.75 Å². The zero-order valence-corrected chi connectivity index (χ0v) is 12.2. The molecule has 106 valence electrons. The van der Waals surface area contributed by atoms with Crippen molar-refractivity contribution in [3.05, 3.63) is 35.1 Å². The highest BCUT2D eigenvalue weighted by molar-refractivity contribution is 7.90. The molecule has 0 aromatic heterocycles. The molecule has 19 heavy (non-hydrogen) atoms. The molecule has 0 bridgehead atoms. The van der Waals surface area contributed by atoms with E-state index < -0.39 is 9.84 Å². The zero-order chi connectivity index (χ0) is 14.0. The third-order valence-electron chi connectivity index (χ3n) is 3.42. The summed E-state index contributed by atoms with van der Waals surface area (Å²) in [4.78, 5) is 2.19. The summed E-state index contributed by atoms with van der Waals surface area (Å²) in [6, 6.07) is 5.59. The molecule has 1 aliphatic carbocycles. The van der Waals surface area contributed by atoms with Crippen LogP contribution in [0.15, 0.2) is 18.2 Å². The Kier molecular flexibility index (Phi) is 4.26. The fourth-order valence-electron chi connectivity index (χ4n) is 2.15. The van der Waals surface area contributed by atoms with Crippen LogP contribution >= 0.6 is 0 Å². The summed E-state index contributed by atoms with van der Waals surface area (Å²) in [5.74, 6) is -0.0122. The van der Waals surface area contributed by atoms with Gasteiger partial charge in [0, 0.05) is 25.4 Å². The molecule has 3 nitrogen and oxygen atoms in total. The number of halogens is 1. The third-order valence-corrected chi connectivity index (χ3v) is 4.34. The monoisotopic (exact) mass is 285 g/mol. The number of rotatable bonds is 6. The van der Waals surface area contributed by atoms with Crippen LogP contribution in [0.1, 0.15) is 24.0 Å². The van der Waals surface area contributed by atoms with Crippen LogP contribution in [0.5, 0.6) is 0 Å². The van der Waals surface area contributed by atoms with Crippen molar-refractivity contribution in [2.24, 2.45) is 0 Å². The van der Waals surface area contributed by atoms with Crippen LogP contribution in [0, 0.1) is 12.7 Å². The van der Waals surface area contributed by atoms with Gasteiger partial charge >= 0.3 is 0 Å². The third kappa shape index (κ3) is 4.58. The molecule has 0 aliphatic heterocycles. The summed E-state index contributed by atoms with van der Waals surface area (Å²) in [5.41, 5.74) is 1.68. The average Bonchev–Trinajstić information content (AvgIpc) is 3.12. The molecule has 1 aromatic carbocycles. The standard InChI is InChI=1S/C14H20FNO2S/c1-11-9-12(3-6-14(11)15)10-16(13-4-5-13)7-8-19(2,17)18/h3,6,9,13H,4-5,7-8,10H2,1-2H3. The van der Waals surface area contributed by atoms with E-state index in [0.717, 1.165) is 18.4 Å². The number of hydrogen-bond acceptors (Lipinski definition) is 3. The smallest absolute Gasteiger partial charge is 0.148 e. The van der Waals surface area contributed by atoms with Crippen molar-refractivity contribution in [1.29, 1.82) is 0 Å².